The van der Waals surface area contributed by atoms with Crippen molar-refractivity contribution in [3.8, 4) is 5.75 Å². The molecule has 0 spiro atoms. The van der Waals surface area contributed by atoms with Gasteiger partial charge in [0.15, 0.2) is 5.75 Å². The Morgan fingerprint density at radius 2 is 1.86 bits per heavy atom. The second-order valence-electron chi connectivity index (χ2n) is 6.43. The minimum absolute atomic E-state index is 0.124. The van der Waals surface area contributed by atoms with Crippen LogP contribution in [0.3, 0.4) is 0 Å². The zero-order valence-electron chi connectivity index (χ0n) is 15.4. The maximum atomic E-state index is 11.2. The van der Waals surface area contributed by atoms with Crippen molar-refractivity contribution < 1.29 is 15.0 Å². The van der Waals surface area contributed by atoms with Gasteiger partial charge in [0.1, 0.15) is 5.56 Å². The summed E-state index contributed by atoms with van der Waals surface area (Å²) in [4.78, 5) is 17.8. The summed E-state index contributed by atoms with van der Waals surface area (Å²) in [7, 11) is 0. The molecule has 6 heteroatoms. The minimum Gasteiger partial charge on any atom is -0.505 e. The molecule has 0 aliphatic carbocycles. The molecule has 0 radical (unpaired) electrons. The van der Waals surface area contributed by atoms with Gasteiger partial charge < -0.3 is 15.5 Å². The number of pyridine rings is 1. The fourth-order valence-electron chi connectivity index (χ4n) is 3.04. The number of aromatic nitrogens is 1. The Balaban J connectivity index is 1.55. The number of nitrogens with one attached hydrogen (secondary N) is 1. The Bertz CT molecular complexity index is 1190. The lowest BCUT2D eigenvalue weighted by Crippen LogP contribution is -2.04. The van der Waals surface area contributed by atoms with Crippen LogP contribution in [0.2, 0.25) is 0 Å². The largest absolute Gasteiger partial charge is 0.505 e. The Morgan fingerprint density at radius 1 is 1.00 bits per heavy atom. The first-order valence-electron chi connectivity index (χ1n) is 9.01. The van der Waals surface area contributed by atoms with Crippen LogP contribution in [-0.2, 0) is 6.54 Å². The van der Waals surface area contributed by atoms with Gasteiger partial charge in [0, 0.05) is 27.9 Å². The molecule has 0 atom stereocenters. The second kappa shape index (κ2) is 8.24. The van der Waals surface area contributed by atoms with Gasteiger partial charge in [0.25, 0.3) is 0 Å². The summed E-state index contributed by atoms with van der Waals surface area (Å²) in [5.74, 6) is -1.42. The molecule has 0 fully saturated rings. The Labute approximate surface area is 172 Å². The van der Waals surface area contributed by atoms with Crippen LogP contribution >= 0.6 is 11.8 Å². The van der Waals surface area contributed by atoms with E-state index in [0.717, 1.165) is 26.3 Å². The van der Waals surface area contributed by atoms with Crippen LogP contribution in [-0.4, -0.2) is 21.2 Å². The summed E-state index contributed by atoms with van der Waals surface area (Å²) in [5.41, 5.74) is 2.25. The lowest BCUT2D eigenvalue weighted by atomic mass is 10.1. The van der Waals surface area contributed by atoms with E-state index in [1.165, 1.54) is 6.07 Å². The van der Waals surface area contributed by atoms with E-state index >= 15 is 0 Å². The smallest absolute Gasteiger partial charge is 0.339 e. The standard InChI is InChI=1S/C23H18N2O3S/c26-22-18(23(27)28)7-3-8-19(22)25-14-16-5-1-2-9-21(16)29-17-11-10-15-6-4-12-24-20(15)13-17/h1-13,25-26H,14H2,(H,27,28). The molecule has 5 nitrogen and oxygen atoms in total. The molecule has 1 aromatic heterocycles. The van der Waals surface area contributed by atoms with Gasteiger partial charge in [-0.05, 0) is 42.0 Å². The summed E-state index contributed by atoms with van der Waals surface area (Å²) in [6.45, 7) is 0.450. The predicted molar refractivity (Wildman–Crippen MR) is 115 cm³/mol. The number of rotatable bonds is 6. The maximum Gasteiger partial charge on any atom is 0.339 e. The van der Waals surface area contributed by atoms with Crippen LogP contribution in [0.15, 0.2) is 88.8 Å². The van der Waals surface area contributed by atoms with Crippen molar-refractivity contribution in [2.24, 2.45) is 0 Å². The third-order valence-corrected chi connectivity index (χ3v) is 5.62. The Hall–Kier alpha value is -3.51. The van der Waals surface area contributed by atoms with Gasteiger partial charge in [-0.25, -0.2) is 4.79 Å². The molecule has 29 heavy (non-hydrogen) atoms. The normalized spacial score (nSPS) is 10.8. The summed E-state index contributed by atoms with van der Waals surface area (Å²) >= 11 is 1.64. The van der Waals surface area contributed by atoms with Crippen LogP contribution in [0.5, 0.6) is 5.75 Å². The number of para-hydroxylation sites is 1. The molecule has 0 saturated carbocycles. The number of benzene rings is 3. The number of hydrogen-bond donors (Lipinski definition) is 3. The molecular weight excluding hydrogens is 384 g/mol. The number of hydrogen-bond acceptors (Lipinski definition) is 5. The van der Waals surface area contributed by atoms with E-state index in [9.17, 15) is 9.90 Å². The van der Waals surface area contributed by atoms with E-state index in [-0.39, 0.29) is 11.3 Å². The fourth-order valence-corrected chi connectivity index (χ4v) is 4.01. The first-order chi connectivity index (χ1) is 14.1. The third kappa shape index (κ3) is 4.17. The summed E-state index contributed by atoms with van der Waals surface area (Å²) < 4.78 is 0. The van der Waals surface area contributed by atoms with E-state index in [4.69, 9.17) is 5.11 Å². The highest BCUT2D eigenvalue weighted by Gasteiger charge is 2.13. The second-order valence-corrected chi connectivity index (χ2v) is 7.54. The number of anilines is 1. The highest BCUT2D eigenvalue weighted by Crippen LogP contribution is 2.33. The van der Waals surface area contributed by atoms with Crippen LogP contribution in [0.25, 0.3) is 10.9 Å². The number of aromatic carboxylic acids is 1. The number of nitrogens with zero attached hydrogens (tertiary/aromatic N) is 1. The number of carbonyl (C=O) groups is 1. The fraction of sp³-hybridized carbons (Fsp3) is 0.0435. The molecule has 4 aromatic rings. The van der Waals surface area contributed by atoms with E-state index in [0.29, 0.717) is 12.2 Å². The van der Waals surface area contributed by atoms with Gasteiger partial charge in [-0.3, -0.25) is 4.98 Å². The molecule has 0 aliphatic rings. The van der Waals surface area contributed by atoms with E-state index in [1.54, 1.807) is 30.1 Å². The van der Waals surface area contributed by atoms with Gasteiger partial charge in [0.2, 0.25) is 0 Å². The average Bonchev–Trinajstić information content (AvgIpc) is 2.73. The molecule has 144 valence electrons. The zero-order valence-corrected chi connectivity index (χ0v) is 16.2. The molecule has 0 unspecified atom stereocenters. The number of phenols is 1. The predicted octanol–water partition coefficient (Wildman–Crippen LogP) is 5.40. The molecule has 0 amide bonds. The monoisotopic (exact) mass is 402 g/mol. The average molecular weight is 402 g/mol. The first-order valence-corrected chi connectivity index (χ1v) is 9.83. The topological polar surface area (TPSA) is 82.5 Å². The van der Waals surface area contributed by atoms with Crippen molar-refractivity contribution >= 4 is 34.3 Å². The van der Waals surface area contributed by atoms with Crippen LogP contribution in [0.4, 0.5) is 5.69 Å². The van der Waals surface area contributed by atoms with Crippen LogP contribution < -0.4 is 5.32 Å². The van der Waals surface area contributed by atoms with Crippen molar-refractivity contribution in [3.05, 3.63) is 90.1 Å². The lowest BCUT2D eigenvalue weighted by Gasteiger charge is -2.13. The summed E-state index contributed by atoms with van der Waals surface area (Å²) in [6, 6.07) is 22.8. The summed E-state index contributed by atoms with van der Waals surface area (Å²) in [5, 5.41) is 23.6. The summed E-state index contributed by atoms with van der Waals surface area (Å²) in [6.07, 6.45) is 1.78. The van der Waals surface area contributed by atoms with Crippen molar-refractivity contribution in [2.45, 2.75) is 16.3 Å². The van der Waals surface area contributed by atoms with Gasteiger partial charge in [0.05, 0.1) is 11.2 Å². The highest BCUT2D eigenvalue weighted by atomic mass is 32.2. The number of fused-ring (bicyclic) bond motifs is 1. The Morgan fingerprint density at radius 3 is 2.72 bits per heavy atom. The van der Waals surface area contributed by atoms with E-state index in [2.05, 4.69) is 28.5 Å². The minimum atomic E-state index is -1.16. The van der Waals surface area contributed by atoms with Gasteiger partial charge in [-0.15, -0.1) is 0 Å². The molecule has 3 aromatic carbocycles. The van der Waals surface area contributed by atoms with Gasteiger partial charge in [-0.2, -0.15) is 0 Å². The zero-order chi connectivity index (χ0) is 20.2. The Kier molecular flexibility index (Phi) is 5.35. The number of carboxylic acid groups (broad SMARTS) is 1. The van der Waals surface area contributed by atoms with Crippen molar-refractivity contribution in [1.82, 2.24) is 4.98 Å². The van der Waals surface area contributed by atoms with Gasteiger partial charge in [-0.1, -0.05) is 48.2 Å². The SMILES string of the molecule is O=C(O)c1cccc(NCc2ccccc2Sc2ccc3cccnc3c2)c1O. The molecular formula is C23H18N2O3S. The quantitative estimate of drug-likeness (QED) is 0.375. The highest BCUT2D eigenvalue weighted by molar-refractivity contribution is 7.99. The molecule has 0 saturated heterocycles. The maximum absolute atomic E-state index is 11.2. The van der Waals surface area contributed by atoms with Crippen molar-refractivity contribution in [2.75, 3.05) is 5.32 Å². The lowest BCUT2D eigenvalue weighted by molar-refractivity contribution is 0.0694. The molecule has 4 rings (SSSR count). The molecule has 0 aliphatic heterocycles. The van der Waals surface area contributed by atoms with Crippen LogP contribution in [0.1, 0.15) is 15.9 Å². The van der Waals surface area contributed by atoms with Gasteiger partial charge >= 0.3 is 5.97 Å². The third-order valence-electron chi connectivity index (χ3n) is 4.51. The van der Waals surface area contributed by atoms with Crippen molar-refractivity contribution in [3.63, 3.8) is 0 Å². The number of carboxylic acids is 1. The molecule has 3 N–H and O–H groups in total. The van der Waals surface area contributed by atoms with E-state index < -0.39 is 5.97 Å². The first kappa shape index (κ1) is 18.8. The molecule has 0 bridgehead atoms. The van der Waals surface area contributed by atoms with Crippen molar-refractivity contribution in [1.29, 1.82) is 0 Å². The number of aromatic hydroxyl groups is 1. The van der Waals surface area contributed by atoms with Crippen LogP contribution in [0, 0.1) is 0 Å². The van der Waals surface area contributed by atoms with E-state index in [1.807, 2.05) is 36.4 Å². The molecule has 1 heterocycles.